The molecule has 0 bridgehead atoms. The second kappa shape index (κ2) is 12.8. The van der Waals surface area contributed by atoms with Gasteiger partial charge < -0.3 is 15.0 Å². The normalized spacial score (nSPS) is 12.1. The van der Waals surface area contributed by atoms with Gasteiger partial charge in [-0.05, 0) is 68.8 Å². The summed E-state index contributed by atoms with van der Waals surface area (Å²) in [5, 5.41) is 3.14. The fraction of sp³-hybridized carbons (Fsp3) is 0.286. The monoisotopic (exact) mass is 557 g/mol. The molecule has 1 N–H and O–H groups in total. The van der Waals surface area contributed by atoms with E-state index in [1.807, 2.05) is 44.2 Å². The average molecular weight is 558 g/mol. The Balaban J connectivity index is 2.02. The van der Waals surface area contributed by atoms with Crippen LogP contribution < -0.4 is 14.4 Å². The smallest absolute Gasteiger partial charge is 0.264 e. The Morgan fingerprint density at radius 3 is 2.18 bits per heavy atom. The number of nitrogens with zero attached hydrogens (tertiary/aromatic N) is 2. The van der Waals surface area contributed by atoms with Gasteiger partial charge in [0.05, 0.1) is 17.7 Å². The summed E-state index contributed by atoms with van der Waals surface area (Å²) in [5.41, 5.74) is 1.03. The van der Waals surface area contributed by atoms with Gasteiger partial charge in [-0.1, -0.05) is 48.0 Å². The van der Waals surface area contributed by atoms with Gasteiger partial charge >= 0.3 is 0 Å². The number of rotatable bonds is 11. The lowest BCUT2D eigenvalue weighted by atomic mass is 10.1. The minimum Gasteiger partial charge on any atom is -0.497 e. The number of ether oxygens (including phenoxy) is 1. The molecule has 0 spiro atoms. The van der Waals surface area contributed by atoms with E-state index in [0.29, 0.717) is 10.8 Å². The minimum absolute atomic E-state index is 0.0220. The number of hydrogen-bond acceptors (Lipinski definition) is 5. The van der Waals surface area contributed by atoms with Crippen LogP contribution in [-0.2, 0) is 26.2 Å². The summed E-state index contributed by atoms with van der Waals surface area (Å²) in [6.07, 6.45) is 0. The van der Waals surface area contributed by atoms with Gasteiger partial charge in [0.15, 0.2) is 0 Å². The fourth-order valence-corrected chi connectivity index (χ4v) is 5.39. The van der Waals surface area contributed by atoms with Crippen molar-refractivity contribution >= 4 is 39.1 Å². The van der Waals surface area contributed by atoms with Crippen molar-refractivity contribution in [3.63, 3.8) is 0 Å². The van der Waals surface area contributed by atoms with Gasteiger partial charge in [0.2, 0.25) is 11.8 Å². The van der Waals surface area contributed by atoms with Crippen LogP contribution >= 0.6 is 11.6 Å². The third kappa shape index (κ3) is 7.26. The molecule has 0 aliphatic carbocycles. The average Bonchev–Trinajstić information content (AvgIpc) is 2.90. The molecule has 0 aliphatic rings. The highest BCUT2D eigenvalue weighted by molar-refractivity contribution is 7.92. The van der Waals surface area contributed by atoms with Crippen LogP contribution in [0.4, 0.5) is 5.69 Å². The third-order valence-corrected chi connectivity index (χ3v) is 7.84. The molecule has 0 aromatic heterocycles. The highest BCUT2D eigenvalue weighted by atomic mass is 35.5. The van der Waals surface area contributed by atoms with Gasteiger partial charge in [0.25, 0.3) is 10.0 Å². The number of anilines is 1. The van der Waals surface area contributed by atoms with Crippen LogP contribution in [0.3, 0.4) is 0 Å². The van der Waals surface area contributed by atoms with E-state index in [1.54, 1.807) is 25.1 Å². The van der Waals surface area contributed by atoms with E-state index < -0.39 is 28.5 Å². The maximum Gasteiger partial charge on any atom is 0.264 e. The van der Waals surface area contributed by atoms with E-state index in [4.69, 9.17) is 16.3 Å². The molecule has 3 rings (SSSR count). The quantitative estimate of drug-likeness (QED) is 0.375. The fourth-order valence-electron chi connectivity index (χ4n) is 3.80. The third-order valence-electron chi connectivity index (χ3n) is 5.82. The van der Waals surface area contributed by atoms with Crippen LogP contribution in [0.5, 0.6) is 5.75 Å². The molecule has 0 fully saturated rings. The van der Waals surface area contributed by atoms with Crippen LogP contribution in [-0.4, -0.2) is 50.9 Å². The highest BCUT2D eigenvalue weighted by Gasteiger charge is 2.32. The summed E-state index contributed by atoms with van der Waals surface area (Å²) in [6, 6.07) is 20.4. The predicted molar refractivity (Wildman–Crippen MR) is 149 cm³/mol. The number of carbonyl (C=O) groups excluding carboxylic acids is 2. The van der Waals surface area contributed by atoms with E-state index >= 15 is 0 Å². The molecule has 8 nitrogen and oxygen atoms in total. The van der Waals surface area contributed by atoms with E-state index in [2.05, 4.69) is 5.32 Å². The molecule has 10 heteroatoms. The zero-order valence-electron chi connectivity index (χ0n) is 21.8. The van der Waals surface area contributed by atoms with Gasteiger partial charge in [0.1, 0.15) is 18.3 Å². The van der Waals surface area contributed by atoms with Crippen molar-refractivity contribution in [3.05, 3.63) is 89.4 Å². The highest BCUT2D eigenvalue weighted by Crippen LogP contribution is 2.27. The van der Waals surface area contributed by atoms with Crippen molar-refractivity contribution < 1.29 is 22.7 Å². The Hall–Kier alpha value is -3.56. The van der Waals surface area contributed by atoms with Gasteiger partial charge in [-0.15, -0.1) is 0 Å². The first kappa shape index (κ1) is 29.0. The topological polar surface area (TPSA) is 96.0 Å². The van der Waals surface area contributed by atoms with E-state index in [0.717, 1.165) is 9.87 Å². The molecule has 0 saturated heterocycles. The van der Waals surface area contributed by atoms with Gasteiger partial charge in [-0.2, -0.15) is 0 Å². The summed E-state index contributed by atoms with van der Waals surface area (Å²) in [7, 11) is -2.71. The molecule has 38 heavy (non-hydrogen) atoms. The molecule has 1 atom stereocenters. The lowest BCUT2D eigenvalue weighted by Crippen LogP contribution is -2.52. The summed E-state index contributed by atoms with van der Waals surface area (Å²) < 4.78 is 33.8. The lowest BCUT2D eigenvalue weighted by Gasteiger charge is -2.32. The van der Waals surface area contributed by atoms with Crippen molar-refractivity contribution in [2.45, 2.75) is 44.3 Å². The van der Waals surface area contributed by atoms with Gasteiger partial charge in [-0.3, -0.25) is 13.9 Å². The van der Waals surface area contributed by atoms with Crippen molar-refractivity contribution in [2.75, 3.05) is 18.0 Å². The second-order valence-corrected chi connectivity index (χ2v) is 11.3. The maximum absolute atomic E-state index is 13.8. The van der Waals surface area contributed by atoms with Gasteiger partial charge in [-0.25, -0.2) is 8.42 Å². The van der Waals surface area contributed by atoms with Crippen molar-refractivity contribution in [1.29, 1.82) is 0 Å². The Bertz CT molecular complexity index is 1350. The van der Waals surface area contributed by atoms with E-state index in [1.165, 1.54) is 42.3 Å². The molecule has 2 amide bonds. The van der Waals surface area contributed by atoms with Crippen molar-refractivity contribution in [1.82, 2.24) is 10.2 Å². The van der Waals surface area contributed by atoms with E-state index in [9.17, 15) is 18.0 Å². The van der Waals surface area contributed by atoms with Crippen LogP contribution in [0.2, 0.25) is 5.02 Å². The van der Waals surface area contributed by atoms with Crippen LogP contribution in [0.15, 0.2) is 83.8 Å². The maximum atomic E-state index is 13.8. The second-order valence-electron chi connectivity index (χ2n) is 9.01. The number of benzene rings is 3. The minimum atomic E-state index is -4.19. The standard InChI is InChI=1S/C28H32ClN3O5S/c1-20(2)30-28(34)21(3)31(18-22-9-6-5-7-10-22)27(33)19-32(24-12-8-11-23(29)17-24)38(35,36)26-15-13-25(37-4)14-16-26/h5-17,20-21H,18-19H2,1-4H3,(H,30,34)/t21-/m1/s1. The van der Waals surface area contributed by atoms with Crippen molar-refractivity contribution in [3.8, 4) is 5.75 Å². The summed E-state index contributed by atoms with van der Waals surface area (Å²) in [5.74, 6) is -0.387. The zero-order valence-corrected chi connectivity index (χ0v) is 23.4. The molecule has 0 radical (unpaired) electrons. The molecule has 0 heterocycles. The SMILES string of the molecule is COc1ccc(S(=O)(=O)N(CC(=O)N(Cc2ccccc2)[C@H](C)C(=O)NC(C)C)c2cccc(Cl)c2)cc1. The Kier molecular flexibility index (Phi) is 9.77. The zero-order chi connectivity index (χ0) is 27.9. The van der Waals surface area contributed by atoms with Gasteiger partial charge in [0, 0.05) is 17.6 Å². The molecule has 0 aliphatic heterocycles. The Morgan fingerprint density at radius 1 is 0.947 bits per heavy atom. The van der Waals surface area contributed by atoms with Crippen LogP contribution in [0, 0.1) is 0 Å². The summed E-state index contributed by atoms with van der Waals surface area (Å²) >= 11 is 6.19. The number of nitrogens with one attached hydrogen (secondary N) is 1. The first-order valence-electron chi connectivity index (χ1n) is 12.1. The first-order valence-corrected chi connectivity index (χ1v) is 13.9. The Morgan fingerprint density at radius 2 is 1.61 bits per heavy atom. The number of hydrogen-bond donors (Lipinski definition) is 1. The van der Waals surface area contributed by atoms with Crippen LogP contribution in [0.25, 0.3) is 0 Å². The molecule has 0 unspecified atom stereocenters. The molecule has 202 valence electrons. The molecule has 3 aromatic carbocycles. The molecular formula is C28H32ClN3O5S. The molecule has 0 saturated carbocycles. The Labute approximate surface area is 229 Å². The van der Waals surface area contributed by atoms with E-state index in [-0.39, 0.29) is 29.1 Å². The van der Waals surface area contributed by atoms with Crippen LogP contribution in [0.1, 0.15) is 26.3 Å². The van der Waals surface area contributed by atoms with Crippen molar-refractivity contribution in [2.24, 2.45) is 0 Å². The molecule has 3 aromatic rings. The predicted octanol–water partition coefficient (Wildman–Crippen LogP) is 4.49. The summed E-state index contributed by atoms with van der Waals surface area (Å²) in [6.45, 7) is 4.87. The number of carbonyl (C=O) groups is 2. The number of sulfonamides is 1. The molecular weight excluding hydrogens is 526 g/mol. The lowest BCUT2D eigenvalue weighted by molar-refractivity contribution is -0.139. The number of halogens is 1. The first-order chi connectivity index (χ1) is 18.0. The number of amides is 2. The summed E-state index contributed by atoms with van der Waals surface area (Å²) in [4.78, 5) is 28.1. The number of methoxy groups -OCH3 is 1. The largest absolute Gasteiger partial charge is 0.497 e.